The zero-order valence-electron chi connectivity index (χ0n) is 8.58. The van der Waals surface area contributed by atoms with Crippen molar-refractivity contribution in [2.45, 2.75) is 51.8 Å². The Morgan fingerprint density at radius 3 is 1.62 bits per heavy atom. The van der Waals surface area contributed by atoms with Gasteiger partial charge in [-0.3, -0.25) is 0 Å². The van der Waals surface area contributed by atoms with Gasteiger partial charge in [0.2, 0.25) is 0 Å². The van der Waals surface area contributed by atoms with Gasteiger partial charge < -0.3 is 9.47 Å². The van der Waals surface area contributed by atoms with Crippen molar-refractivity contribution in [1.29, 1.82) is 0 Å². The highest BCUT2D eigenvalue weighted by atomic mass is 17.5. The van der Waals surface area contributed by atoms with Crippen LogP contribution < -0.4 is 0 Å². The molecular formula is C8H16O5. The maximum Gasteiger partial charge on any atom is 0.313 e. The highest BCUT2D eigenvalue weighted by Crippen LogP contribution is 2.43. The summed E-state index contributed by atoms with van der Waals surface area (Å²) in [6, 6.07) is 0. The van der Waals surface area contributed by atoms with Gasteiger partial charge >= 0.3 is 5.97 Å². The van der Waals surface area contributed by atoms with E-state index in [0.29, 0.717) is 0 Å². The van der Waals surface area contributed by atoms with Gasteiger partial charge in [0, 0.05) is 6.92 Å². The van der Waals surface area contributed by atoms with Crippen LogP contribution in [0.15, 0.2) is 0 Å². The van der Waals surface area contributed by atoms with Crippen molar-refractivity contribution in [1.82, 2.24) is 0 Å². The second-order valence-electron chi connectivity index (χ2n) is 4.24. The second-order valence-corrected chi connectivity index (χ2v) is 4.24. The molecule has 0 saturated carbocycles. The number of hydrogen-bond acceptors (Lipinski definition) is 5. The predicted octanol–water partition coefficient (Wildman–Crippen LogP) is 1.69. The van der Waals surface area contributed by atoms with E-state index in [0.717, 1.165) is 0 Å². The summed E-state index contributed by atoms with van der Waals surface area (Å²) in [6.45, 7) is 9.02. The minimum atomic E-state index is -1.36. The fourth-order valence-electron chi connectivity index (χ4n) is 1.30. The minimum absolute atomic E-state index is 0.514. The molecule has 0 spiro atoms. The van der Waals surface area contributed by atoms with Gasteiger partial charge in [-0.1, -0.05) is 5.04 Å². The van der Waals surface area contributed by atoms with Gasteiger partial charge in [0.05, 0.1) is 11.2 Å². The lowest BCUT2D eigenvalue weighted by Gasteiger charge is -2.29. The highest BCUT2D eigenvalue weighted by molar-refractivity contribution is 4.95. The molecule has 13 heavy (non-hydrogen) atoms. The third-order valence-electron chi connectivity index (χ3n) is 2.52. The van der Waals surface area contributed by atoms with Crippen LogP contribution in [-0.4, -0.2) is 22.4 Å². The molecule has 0 bridgehead atoms. The quantitative estimate of drug-likeness (QED) is 0.533. The molecule has 1 heterocycles. The molecule has 1 rings (SSSR count). The second kappa shape index (κ2) is 2.90. The standard InChI is InChI=1S/C8H16O5/c1-6(2)7(3,4)11-8(5,10-6)12-13-9/h9H,1-5H3. The fourth-order valence-corrected chi connectivity index (χ4v) is 1.30. The van der Waals surface area contributed by atoms with Crippen LogP contribution in [0.5, 0.6) is 0 Å². The molecule has 1 aliphatic rings. The molecule has 0 unspecified atom stereocenters. The average molecular weight is 192 g/mol. The Hall–Kier alpha value is -0.200. The van der Waals surface area contributed by atoms with Gasteiger partial charge in [-0.25, -0.2) is 5.26 Å². The van der Waals surface area contributed by atoms with E-state index in [1.54, 1.807) is 0 Å². The largest absolute Gasteiger partial charge is 0.317 e. The predicted molar refractivity (Wildman–Crippen MR) is 43.5 cm³/mol. The van der Waals surface area contributed by atoms with Crippen LogP contribution in [0.4, 0.5) is 0 Å². The van der Waals surface area contributed by atoms with E-state index in [9.17, 15) is 0 Å². The molecule has 78 valence electrons. The summed E-state index contributed by atoms with van der Waals surface area (Å²) < 4.78 is 10.9. The summed E-state index contributed by atoms with van der Waals surface area (Å²) >= 11 is 0. The first-order valence-electron chi connectivity index (χ1n) is 4.12. The molecule has 5 nitrogen and oxygen atoms in total. The Morgan fingerprint density at radius 1 is 0.923 bits per heavy atom. The smallest absolute Gasteiger partial charge is 0.313 e. The molecule has 1 aliphatic heterocycles. The van der Waals surface area contributed by atoms with E-state index in [1.807, 2.05) is 27.7 Å². The molecule has 0 aromatic carbocycles. The number of ether oxygens (including phenoxy) is 2. The molecule has 1 saturated heterocycles. The van der Waals surface area contributed by atoms with E-state index in [1.165, 1.54) is 6.92 Å². The van der Waals surface area contributed by atoms with Crippen molar-refractivity contribution in [2.75, 3.05) is 0 Å². The van der Waals surface area contributed by atoms with Crippen LogP contribution >= 0.6 is 0 Å². The van der Waals surface area contributed by atoms with E-state index < -0.39 is 17.2 Å². The first-order valence-corrected chi connectivity index (χ1v) is 4.12. The molecule has 1 fully saturated rings. The summed E-state index contributed by atoms with van der Waals surface area (Å²) in [6.07, 6.45) is 0. The van der Waals surface area contributed by atoms with Crippen molar-refractivity contribution in [3.05, 3.63) is 0 Å². The van der Waals surface area contributed by atoms with Crippen molar-refractivity contribution >= 4 is 0 Å². The minimum Gasteiger partial charge on any atom is -0.317 e. The maximum absolute atomic E-state index is 8.15. The Bertz CT molecular complexity index is 183. The monoisotopic (exact) mass is 192 g/mol. The fraction of sp³-hybridized carbons (Fsp3) is 1.00. The van der Waals surface area contributed by atoms with E-state index in [-0.39, 0.29) is 0 Å². The molecule has 0 amide bonds. The Balaban J connectivity index is 2.80. The zero-order chi connectivity index (χ0) is 10.3. The first-order chi connectivity index (χ1) is 5.72. The molecule has 0 aromatic heterocycles. The maximum atomic E-state index is 8.15. The summed E-state index contributed by atoms with van der Waals surface area (Å²) in [4.78, 5) is 4.47. The van der Waals surface area contributed by atoms with Crippen LogP contribution in [0.2, 0.25) is 0 Å². The van der Waals surface area contributed by atoms with Crippen LogP contribution in [0, 0.1) is 0 Å². The van der Waals surface area contributed by atoms with Gasteiger partial charge in [-0.2, -0.15) is 0 Å². The summed E-state index contributed by atoms with van der Waals surface area (Å²) in [5, 5.41) is 11.7. The Labute approximate surface area is 77.4 Å². The zero-order valence-corrected chi connectivity index (χ0v) is 8.58. The molecular weight excluding hydrogens is 176 g/mol. The van der Waals surface area contributed by atoms with Crippen molar-refractivity contribution in [2.24, 2.45) is 0 Å². The molecule has 5 heteroatoms. The van der Waals surface area contributed by atoms with Crippen LogP contribution in [-0.2, 0) is 19.4 Å². The first kappa shape index (κ1) is 10.9. The van der Waals surface area contributed by atoms with Crippen molar-refractivity contribution < 1.29 is 24.7 Å². The summed E-state index contributed by atoms with van der Waals surface area (Å²) in [5.41, 5.74) is -1.03. The number of hydrogen-bond donors (Lipinski definition) is 1. The van der Waals surface area contributed by atoms with E-state index in [2.05, 4.69) is 9.93 Å². The molecule has 1 N–H and O–H groups in total. The van der Waals surface area contributed by atoms with Crippen LogP contribution in [0.1, 0.15) is 34.6 Å². The molecule has 0 aliphatic carbocycles. The molecule has 0 radical (unpaired) electrons. The SMILES string of the molecule is CC1(OOO)OC(C)(C)C(C)(C)O1. The summed E-state index contributed by atoms with van der Waals surface area (Å²) in [5.74, 6) is -1.36. The summed E-state index contributed by atoms with van der Waals surface area (Å²) in [7, 11) is 0. The molecule has 0 atom stereocenters. The topological polar surface area (TPSA) is 57.2 Å². The van der Waals surface area contributed by atoms with E-state index >= 15 is 0 Å². The van der Waals surface area contributed by atoms with Crippen molar-refractivity contribution in [3.63, 3.8) is 0 Å². The lowest BCUT2D eigenvalue weighted by Crippen LogP contribution is -2.41. The molecule has 0 aromatic rings. The van der Waals surface area contributed by atoms with Crippen LogP contribution in [0.25, 0.3) is 0 Å². The lowest BCUT2D eigenvalue weighted by molar-refractivity contribution is -0.587. The van der Waals surface area contributed by atoms with E-state index in [4.69, 9.17) is 14.7 Å². The third kappa shape index (κ3) is 1.84. The van der Waals surface area contributed by atoms with Gasteiger partial charge in [0.25, 0.3) is 0 Å². The number of rotatable bonds is 2. The van der Waals surface area contributed by atoms with Gasteiger partial charge in [0.1, 0.15) is 0 Å². The Kier molecular flexibility index (Phi) is 2.42. The van der Waals surface area contributed by atoms with Gasteiger partial charge in [-0.05, 0) is 27.7 Å². The van der Waals surface area contributed by atoms with Crippen LogP contribution in [0.3, 0.4) is 0 Å². The van der Waals surface area contributed by atoms with Gasteiger partial charge in [-0.15, -0.1) is 4.89 Å². The van der Waals surface area contributed by atoms with Crippen molar-refractivity contribution in [3.8, 4) is 0 Å². The normalized spacial score (nSPS) is 29.1. The highest BCUT2D eigenvalue weighted by Gasteiger charge is 2.56. The lowest BCUT2D eigenvalue weighted by atomic mass is 9.90. The Morgan fingerprint density at radius 2 is 1.31 bits per heavy atom. The average Bonchev–Trinajstić information content (AvgIpc) is 1.96. The van der Waals surface area contributed by atoms with Gasteiger partial charge in [0.15, 0.2) is 0 Å². The third-order valence-corrected chi connectivity index (χ3v) is 2.52.